The average Bonchev–Trinajstić information content (AvgIpc) is 2.62. The molecule has 148 valence electrons. The van der Waals surface area contributed by atoms with Gasteiger partial charge in [0, 0.05) is 11.9 Å². The molecule has 2 rings (SSSR count). The molecule has 1 fully saturated rings. The Bertz CT molecular complexity index is 558. The second-order valence-corrected chi connectivity index (χ2v) is 10.7. The van der Waals surface area contributed by atoms with Gasteiger partial charge >= 0.3 is 0 Å². The number of ether oxygens (including phenoxy) is 1. The van der Waals surface area contributed by atoms with Crippen molar-refractivity contribution in [1.29, 1.82) is 0 Å². The van der Waals surface area contributed by atoms with Crippen LogP contribution in [-0.4, -0.2) is 25.5 Å². The van der Waals surface area contributed by atoms with Gasteiger partial charge in [-0.05, 0) is 49.1 Å². The molecule has 0 bridgehead atoms. The molecule has 1 aromatic carbocycles. The van der Waals surface area contributed by atoms with Gasteiger partial charge in [-0.2, -0.15) is 0 Å². The molecule has 0 radical (unpaired) electrons. The molecule has 1 aliphatic rings. The quantitative estimate of drug-likeness (QED) is 0.375. The Balaban J connectivity index is 2.13. The van der Waals surface area contributed by atoms with Crippen molar-refractivity contribution >= 4 is 12.7 Å². The molecule has 0 aliphatic heterocycles. The standard InChI is InChI=1S/C22H37O3P/c1-5-6-14-24-15-16-26(23,20-10-8-7-9-11-20)25-22-17-19(4)12-13-21(22)18(2)3/h7-11,18-19,21-22H,5-6,12-17H2,1-4H3/t19-,21+,22-,26?/m1/s1. The molecule has 4 atom stereocenters. The highest BCUT2D eigenvalue weighted by molar-refractivity contribution is 7.67. The lowest BCUT2D eigenvalue weighted by Crippen LogP contribution is -2.35. The third-order valence-corrected chi connectivity index (χ3v) is 8.06. The minimum Gasteiger partial charge on any atom is -0.381 e. The van der Waals surface area contributed by atoms with E-state index in [1.54, 1.807) is 0 Å². The highest BCUT2D eigenvalue weighted by atomic mass is 31.2. The molecule has 1 unspecified atom stereocenters. The van der Waals surface area contributed by atoms with Crippen molar-refractivity contribution in [3.05, 3.63) is 30.3 Å². The lowest BCUT2D eigenvalue weighted by Gasteiger charge is -2.39. The smallest absolute Gasteiger partial charge is 0.234 e. The molecule has 26 heavy (non-hydrogen) atoms. The summed E-state index contributed by atoms with van der Waals surface area (Å²) in [5.41, 5.74) is 0. The van der Waals surface area contributed by atoms with E-state index in [9.17, 15) is 4.57 Å². The first kappa shape index (κ1) is 21.7. The van der Waals surface area contributed by atoms with Crippen LogP contribution in [0.5, 0.6) is 0 Å². The van der Waals surface area contributed by atoms with Gasteiger partial charge in [0.25, 0.3) is 0 Å². The summed E-state index contributed by atoms with van der Waals surface area (Å²) >= 11 is 0. The maximum atomic E-state index is 13.9. The van der Waals surface area contributed by atoms with Crippen LogP contribution in [0.3, 0.4) is 0 Å². The van der Waals surface area contributed by atoms with E-state index in [-0.39, 0.29) is 6.10 Å². The zero-order valence-corrected chi connectivity index (χ0v) is 17.9. The van der Waals surface area contributed by atoms with E-state index < -0.39 is 7.37 Å². The maximum Gasteiger partial charge on any atom is 0.234 e. The molecule has 1 aliphatic carbocycles. The highest BCUT2D eigenvalue weighted by Gasteiger charge is 2.37. The Morgan fingerprint density at radius 1 is 1.15 bits per heavy atom. The number of hydrogen-bond donors (Lipinski definition) is 0. The maximum absolute atomic E-state index is 13.9. The van der Waals surface area contributed by atoms with E-state index >= 15 is 0 Å². The Hall–Kier alpha value is -0.630. The predicted octanol–water partition coefficient (Wildman–Crippen LogP) is 5.88. The monoisotopic (exact) mass is 380 g/mol. The van der Waals surface area contributed by atoms with E-state index in [0.29, 0.717) is 30.5 Å². The van der Waals surface area contributed by atoms with Crippen molar-refractivity contribution in [3.8, 4) is 0 Å². The zero-order valence-electron chi connectivity index (χ0n) is 17.0. The van der Waals surface area contributed by atoms with E-state index in [1.165, 1.54) is 12.8 Å². The number of hydrogen-bond acceptors (Lipinski definition) is 3. The Morgan fingerprint density at radius 3 is 2.54 bits per heavy atom. The van der Waals surface area contributed by atoms with E-state index in [1.807, 2.05) is 30.3 Å². The minimum atomic E-state index is -2.92. The SMILES string of the molecule is CCCCOCCP(=O)(O[C@@H]1C[C@H](C)CC[C@H]1C(C)C)c1ccccc1. The molecule has 0 spiro atoms. The van der Waals surface area contributed by atoms with Crippen LogP contribution in [0.15, 0.2) is 30.3 Å². The summed E-state index contributed by atoms with van der Waals surface area (Å²) in [6.45, 7) is 10.2. The molecule has 3 nitrogen and oxygen atoms in total. The summed E-state index contributed by atoms with van der Waals surface area (Å²) in [4.78, 5) is 0. The summed E-state index contributed by atoms with van der Waals surface area (Å²) in [6.07, 6.45) is 6.14. The van der Waals surface area contributed by atoms with Gasteiger partial charge in [0.2, 0.25) is 7.37 Å². The van der Waals surface area contributed by atoms with Gasteiger partial charge in [-0.25, -0.2) is 0 Å². The van der Waals surface area contributed by atoms with Crippen LogP contribution in [0.4, 0.5) is 0 Å². The van der Waals surface area contributed by atoms with Crippen molar-refractivity contribution in [1.82, 2.24) is 0 Å². The summed E-state index contributed by atoms with van der Waals surface area (Å²) < 4.78 is 26.1. The molecule has 4 heteroatoms. The van der Waals surface area contributed by atoms with Gasteiger partial charge in [0.15, 0.2) is 0 Å². The molecule has 0 N–H and O–H groups in total. The van der Waals surface area contributed by atoms with Crippen LogP contribution in [0, 0.1) is 17.8 Å². The third kappa shape index (κ3) is 6.22. The predicted molar refractivity (Wildman–Crippen MR) is 110 cm³/mol. The third-order valence-electron chi connectivity index (χ3n) is 5.59. The van der Waals surface area contributed by atoms with Gasteiger partial charge < -0.3 is 9.26 Å². The van der Waals surface area contributed by atoms with Crippen LogP contribution in [-0.2, 0) is 13.8 Å². The molecule has 1 saturated carbocycles. The second-order valence-electron chi connectivity index (χ2n) is 8.17. The first-order valence-electron chi connectivity index (χ1n) is 10.4. The summed E-state index contributed by atoms with van der Waals surface area (Å²) in [6, 6.07) is 9.76. The van der Waals surface area contributed by atoms with Gasteiger partial charge in [-0.3, -0.25) is 4.57 Å². The minimum absolute atomic E-state index is 0.0837. The van der Waals surface area contributed by atoms with Crippen molar-refractivity contribution in [2.75, 3.05) is 19.4 Å². The van der Waals surface area contributed by atoms with Crippen LogP contribution < -0.4 is 5.30 Å². The Morgan fingerprint density at radius 2 is 1.88 bits per heavy atom. The molecular formula is C22H37O3P. The van der Waals surface area contributed by atoms with Crippen LogP contribution in [0.25, 0.3) is 0 Å². The molecular weight excluding hydrogens is 343 g/mol. The van der Waals surface area contributed by atoms with Crippen molar-refractivity contribution in [3.63, 3.8) is 0 Å². The molecule has 0 saturated heterocycles. The number of benzene rings is 1. The normalized spacial score (nSPS) is 26.0. The van der Waals surface area contributed by atoms with Crippen molar-refractivity contribution < 1.29 is 13.8 Å². The van der Waals surface area contributed by atoms with Gasteiger partial charge in [0.1, 0.15) is 0 Å². The zero-order chi connectivity index (χ0) is 19.0. The van der Waals surface area contributed by atoms with Crippen LogP contribution >= 0.6 is 7.37 Å². The van der Waals surface area contributed by atoms with Crippen molar-refractivity contribution in [2.45, 2.75) is 65.9 Å². The molecule has 0 aromatic heterocycles. The molecule has 1 aromatic rings. The fourth-order valence-electron chi connectivity index (χ4n) is 3.89. The summed E-state index contributed by atoms with van der Waals surface area (Å²) in [5, 5.41) is 0.833. The summed E-state index contributed by atoms with van der Waals surface area (Å²) in [5.74, 6) is 1.68. The lowest BCUT2D eigenvalue weighted by atomic mass is 9.75. The van der Waals surface area contributed by atoms with Crippen molar-refractivity contribution in [2.24, 2.45) is 17.8 Å². The van der Waals surface area contributed by atoms with E-state index in [2.05, 4.69) is 27.7 Å². The van der Waals surface area contributed by atoms with Crippen LogP contribution in [0.1, 0.15) is 59.8 Å². The number of unbranched alkanes of at least 4 members (excludes halogenated alkanes) is 1. The Labute approximate surface area is 160 Å². The van der Waals surface area contributed by atoms with Crippen LogP contribution in [0.2, 0.25) is 0 Å². The average molecular weight is 381 g/mol. The fourth-order valence-corrected chi connectivity index (χ4v) is 6.05. The highest BCUT2D eigenvalue weighted by Crippen LogP contribution is 2.51. The molecule has 0 heterocycles. The number of rotatable bonds is 10. The topological polar surface area (TPSA) is 35.5 Å². The van der Waals surface area contributed by atoms with Gasteiger partial charge in [-0.1, -0.05) is 58.7 Å². The van der Waals surface area contributed by atoms with Gasteiger partial charge in [0.05, 0.1) is 18.9 Å². The Kier molecular flexibility index (Phi) is 8.87. The first-order chi connectivity index (χ1) is 12.5. The lowest BCUT2D eigenvalue weighted by molar-refractivity contribution is 0.0484. The second kappa shape index (κ2) is 10.6. The van der Waals surface area contributed by atoms with E-state index in [4.69, 9.17) is 9.26 Å². The van der Waals surface area contributed by atoms with Gasteiger partial charge in [-0.15, -0.1) is 0 Å². The first-order valence-corrected chi connectivity index (χ1v) is 12.2. The fraction of sp³-hybridized carbons (Fsp3) is 0.727. The largest absolute Gasteiger partial charge is 0.381 e. The summed E-state index contributed by atoms with van der Waals surface area (Å²) in [7, 11) is -2.92. The van der Waals surface area contributed by atoms with E-state index in [0.717, 1.165) is 31.2 Å². The molecule has 0 amide bonds.